The van der Waals surface area contributed by atoms with Crippen LogP contribution in [0.1, 0.15) is 30.1 Å². The zero-order chi connectivity index (χ0) is 14.4. The summed E-state index contributed by atoms with van der Waals surface area (Å²) < 4.78 is 1.72. The lowest BCUT2D eigenvalue weighted by molar-refractivity contribution is -0.139. The van der Waals surface area contributed by atoms with Gasteiger partial charge in [0.1, 0.15) is 11.7 Å². The number of carboxylic acid groups (broad SMARTS) is 1. The molecular formula is C14H13N5O2. The number of fused-ring (bicyclic) bond motifs is 2. The quantitative estimate of drug-likeness (QED) is 0.745. The molecule has 1 atom stereocenters. The van der Waals surface area contributed by atoms with Gasteiger partial charge in [-0.05, 0) is 19.3 Å². The molecule has 3 heterocycles. The van der Waals surface area contributed by atoms with E-state index < -0.39 is 11.9 Å². The molecule has 0 fully saturated rings. The molecule has 0 radical (unpaired) electrons. The summed E-state index contributed by atoms with van der Waals surface area (Å²) in [6, 6.07) is 0. The van der Waals surface area contributed by atoms with Gasteiger partial charge in [-0.2, -0.15) is 5.10 Å². The fourth-order valence-corrected chi connectivity index (χ4v) is 2.91. The summed E-state index contributed by atoms with van der Waals surface area (Å²) in [6.45, 7) is 0. The van der Waals surface area contributed by atoms with Crippen molar-refractivity contribution in [3.8, 4) is 11.4 Å². The maximum atomic E-state index is 11.3. The largest absolute Gasteiger partial charge is 0.481 e. The molecular weight excluding hydrogens is 270 g/mol. The number of nitrogens with one attached hydrogen (secondary N) is 1. The first kappa shape index (κ1) is 12.1. The molecule has 21 heavy (non-hydrogen) atoms. The molecule has 0 amide bonds. The highest BCUT2D eigenvalue weighted by atomic mass is 16.4. The van der Waals surface area contributed by atoms with Crippen LogP contribution in [0.25, 0.3) is 16.9 Å². The summed E-state index contributed by atoms with van der Waals surface area (Å²) in [7, 11) is 0. The molecule has 1 unspecified atom stereocenters. The smallest absolute Gasteiger partial charge is 0.312 e. The molecule has 0 spiro atoms. The SMILES string of the molecule is O=C(O)C1CCCc2[nH]c(-c3cnn4ccncc34)nc21. The number of hydrogen-bond acceptors (Lipinski definition) is 4. The molecule has 7 heteroatoms. The number of imidazole rings is 1. The zero-order valence-electron chi connectivity index (χ0n) is 11.2. The summed E-state index contributed by atoms with van der Waals surface area (Å²) in [6.07, 6.45) is 9.21. The fraction of sp³-hybridized carbons (Fsp3) is 0.286. The van der Waals surface area contributed by atoms with Crippen LogP contribution >= 0.6 is 0 Å². The van der Waals surface area contributed by atoms with E-state index in [1.165, 1.54) is 0 Å². The zero-order valence-corrected chi connectivity index (χ0v) is 11.2. The van der Waals surface area contributed by atoms with E-state index >= 15 is 0 Å². The third-order valence-electron chi connectivity index (χ3n) is 3.94. The Hall–Kier alpha value is -2.70. The van der Waals surface area contributed by atoms with Crippen molar-refractivity contribution < 1.29 is 9.90 Å². The molecule has 0 aromatic carbocycles. The third-order valence-corrected chi connectivity index (χ3v) is 3.94. The molecule has 7 nitrogen and oxygen atoms in total. The molecule has 0 saturated carbocycles. The number of carboxylic acids is 1. The summed E-state index contributed by atoms with van der Waals surface area (Å²) >= 11 is 0. The van der Waals surface area contributed by atoms with Gasteiger partial charge in [0, 0.05) is 18.1 Å². The summed E-state index contributed by atoms with van der Waals surface area (Å²) in [5.41, 5.74) is 3.26. The van der Waals surface area contributed by atoms with Crippen LogP contribution < -0.4 is 0 Å². The van der Waals surface area contributed by atoms with E-state index in [0.717, 1.165) is 29.6 Å². The lowest BCUT2D eigenvalue weighted by Gasteiger charge is -2.16. The third kappa shape index (κ3) is 1.81. The van der Waals surface area contributed by atoms with Crippen molar-refractivity contribution in [3.05, 3.63) is 36.2 Å². The van der Waals surface area contributed by atoms with Crippen molar-refractivity contribution in [1.82, 2.24) is 24.6 Å². The van der Waals surface area contributed by atoms with Crippen molar-refractivity contribution in [1.29, 1.82) is 0 Å². The minimum absolute atomic E-state index is 0.515. The standard InChI is InChI=1S/C14H13N5O2/c20-14(21)8-2-1-3-10-12(8)18-13(17-10)9-6-16-19-5-4-15-7-11(9)19/h4-8H,1-3H2,(H,17,18)(H,20,21). The van der Waals surface area contributed by atoms with Gasteiger partial charge in [0.05, 0.1) is 29.2 Å². The molecule has 1 aliphatic rings. The molecule has 3 aromatic rings. The number of nitrogens with zero attached hydrogens (tertiary/aromatic N) is 4. The van der Waals surface area contributed by atoms with Gasteiger partial charge in [-0.1, -0.05) is 0 Å². The Labute approximate surface area is 119 Å². The second-order valence-corrected chi connectivity index (χ2v) is 5.20. The molecule has 3 aromatic heterocycles. The predicted molar refractivity (Wildman–Crippen MR) is 73.9 cm³/mol. The highest BCUT2D eigenvalue weighted by Crippen LogP contribution is 2.33. The first-order valence-electron chi connectivity index (χ1n) is 6.83. The normalized spacial score (nSPS) is 17.8. The Morgan fingerprint density at radius 2 is 2.33 bits per heavy atom. The number of aliphatic carboxylic acids is 1. The Balaban J connectivity index is 1.85. The van der Waals surface area contributed by atoms with Gasteiger partial charge in [0.2, 0.25) is 0 Å². The van der Waals surface area contributed by atoms with Crippen LogP contribution in [0.3, 0.4) is 0 Å². The van der Waals surface area contributed by atoms with E-state index in [-0.39, 0.29) is 0 Å². The lowest BCUT2D eigenvalue weighted by Crippen LogP contribution is -2.17. The molecule has 4 rings (SSSR count). The summed E-state index contributed by atoms with van der Waals surface area (Å²) in [5.74, 6) is -0.662. The Bertz CT molecular complexity index is 835. The van der Waals surface area contributed by atoms with Crippen molar-refractivity contribution in [2.24, 2.45) is 0 Å². The number of aryl methyl sites for hydroxylation is 1. The van der Waals surface area contributed by atoms with Crippen molar-refractivity contribution in [2.45, 2.75) is 25.2 Å². The van der Waals surface area contributed by atoms with Crippen LogP contribution in [0.4, 0.5) is 0 Å². The van der Waals surface area contributed by atoms with E-state index in [2.05, 4.69) is 20.1 Å². The van der Waals surface area contributed by atoms with Gasteiger partial charge in [-0.3, -0.25) is 9.78 Å². The maximum absolute atomic E-state index is 11.3. The molecule has 106 valence electrons. The Morgan fingerprint density at radius 3 is 3.19 bits per heavy atom. The highest BCUT2D eigenvalue weighted by Gasteiger charge is 2.30. The van der Waals surface area contributed by atoms with Crippen LogP contribution in [0, 0.1) is 0 Å². The van der Waals surface area contributed by atoms with Gasteiger partial charge in [-0.15, -0.1) is 0 Å². The molecule has 0 bridgehead atoms. The summed E-state index contributed by atoms with van der Waals surface area (Å²) in [5, 5.41) is 13.6. The minimum atomic E-state index is -0.810. The maximum Gasteiger partial charge on any atom is 0.312 e. The van der Waals surface area contributed by atoms with Gasteiger partial charge in [-0.25, -0.2) is 9.50 Å². The second-order valence-electron chi connectivity index (χ2n) is 5.20. The lowest BCUT2D eigenvalue weighted by atomic mass is 9.90. The van der Waals surface area contributed by atoms with E-state index in [0.29, 0.717) is 17.9 Å². The number of carbonyl (C=O) groups is 1. The number of rotatable bonds is 2. The highest BCUT2D eigenvalue weighted by molar-refractivity contribution is 5.78. The monoisotopic (exact) mass is 283 g/mol. The summed E-state index contributed by atoms with van der Waals surface area (Å²) in [4.78, 5) is 23.2. The van der Waals surface area contributed by atoms with E-state index in [1.807, 2.05) is 0 Å². The minimum Gasteiger partial charge on any atom is -0.481 e. The van der Waals surface area contributed by atoms with Crippen molar-refractivity contribution >= 4 is 11.5 Å². The average Bonchev–Trinajstić information content (AvgIpc) is 3.09. The van der Waals surface area contributed by atoms with E-state index in [4.69, 9.17) is 0 Å². The van der Waals surface area contributed by atoms with Crippen LogP contribution in [-0.4, -0.2) is 35.6 Å². The van der Waals surface area contributed by atoms with Crippen molar-refractivity contribution in [2.75, 3.05) is 0 Å². The topological polar surface area (TPSA) is 96.2 Å². The molecule has 2 N–H and O–H groups in total. The molecule has 0 aliphatic heterocycles. The number of aromatic nitrogens is 5. The predicted octanol–water partition coefficient (Wildman–Crippen LogP) is 1.62. The van der Waals surface area contributed by atoms with Crippen LogP contribution in [0.15, 0.2) is 24.8 Å². The first-order chi connectivity index (χ1) is 10.2. The van der Waals surface area contributed by atoms with Gasteiger partial charge in [0.25, 0.3) is 0 Å². The van der Waals surface area contributed by atoms with Crippen LogP contribution in [-0.2, 0) is 11.2 Å². The number of hydrogen-bond donors (Lipinski definition) is 2. The van der Waals surface area contributed by atoms with Gasteiger partial charge >= 0.3 is 5.97 Å². The van der Waals surface area contributed by atoms with Gasteiger partial charge in [0.15, 0.2) is 0 Å². The number of H-pyrrole nitrogens is 1. The van der Waals surface area contributed by atoms with Crippen molar-refractivity contribution in [3.63, 3.8) is 0 Å². The van der Waals surface area contributed by atoms with Crippen LogP contribution in [0.2, 0.25) is 0 Å². The van der Waals surface area contributed by atoms with E-state index in [9.17, 15) is 9.90 Å². The van der Waals surface area contributed by atoms with Gasteiger partial charge < -0.3 is 10.1 Å². The van der Waals surface area contributed by atoms with Crippen LogP contribution in [0.5, 0.6) is 0 Å². The fourth-order valence-electron chi connectivity index (χ4n) is 2.91. The Kier molecular flexibility index (Phi) is 2.53. The molecule has 0 saturated heterocycles. The number of aromatic amines is 1. The Morgan fingerprint density at radius 1 is 1.43 bits per heavy atom. The first-order valence-corrected chi connectivity index (χ1v) is 6.83. The second kappa shape index (κ2) is 4.41. The van der Waals surface area contributed by atoms with E-state index in [1.54, 1.807) is 29.3 Å². The molecule has 1 aliphatic carbocycles. The average molecular weight is 283 g/mol.